The van der Waals surface area contributed by atoms with E-state index in [1.807, 2.05) is 18.5 Å². The van der Waals surface area contributed by atoms with Crippen LogP contribution in [0, 0.1) is 6.92 Å². The van der Waals surface area contributed by atoms with E-state index in [9.17, 15) is 4.79 Å². The lowest BCUT2D eigenvalue weighted by Crippen LogP contribution is -2.04. The van der Waals surface area contributed by atoms with Crippen LogP contribution in [0.3, 0.4) is 0 Å². The minimum atomic E-state index is 0.356. The van der Waals surface area contributed by atoms with Gasteiger partial charge < -0.3 is 0 Å². The summed E-state index contributed by atoms with van der Waals surface area (Å²) in [5.74, 6) is 0.356. The summed E-state index contributed by atoms with van der Waals surface area (Å²) in [6.07, 6.45) is 3.26. The minimum Gasteiger partial charge on any atom is -0.300 e. The Morgan fingerprint density at radius 3 is 2.80 bits per heavy atom. The van der Waals surface area contributed by atoms with Crippen molar-refractivity contribution in [3.63, 3.8) is 0 Å². The van der Waals surface area contributed by atoms with Crippen LogP contribution in [0.4, 0.5) is 0 Å². The Balaban J connectivity index is 2.46. The van der Waals surface area contributed by atoms with Crippen LogP contribution in [0.2, 0.25) is 0 Å². The summed E-state index contributed by atoms with van der Waals surface area (Å²) in [6.45, 7) is 6.92. The third-order valence-corrected chi connectivity index (χ3v) is 2.57. The van der Waals surface area contributed by atoms with Crippen molar-refractivity contribution >= 4 is 5.78 Å². The van der Waals surface area contributed by atoms with Crippen molar-refractivity contribution in [2.75, 3.05) is 0 Å². The molecule has 0 atom stereocenters. The maximum absolute atomic E-state index is 11.1. The Labute approximate surface area is 91.5 Å². The third kappa shape index (κ3) is 3.50. The standard InChI is InChI=1S/C12H20N2O/c1-4-12(15)8-6-7-11-9-10(3)13-14(11)5-2/h9H,4-8H2,1-3H3. The van der Waals surface area contributed by atoms with Crippen molar-refractivity contribution in [1.29, 1.82) is 0 Å². The molecule has 1 aromatic heterocycles. The molecule has 3 nitrogen and oxygen atoms in total. The van der Waals surface area contributed by atoms with Crippen LogP contribution in [0.25, 0.3) is 0 Å². The number of carbonyl (C=O) groups excluding carboxylic acids is 1. The summed E-state index contributed by atoms with van der Waals surface area (Å²) >= 11 is 0. The SMILES string of the molecule is CCC(=O)CCCc1cc(C)nn1CC. The van der Waals surface area contributed by atoms with Crippen LogP contribution in [0.1, 0.15) is 44.5 Å². The average Bonchev–Trinajstić information content (AvgIpc) is 2.58. The number of carbonyl (C=O) groups is 1. The van der Waals surface area contributed by atoms with Gasteiger partial charge in [-0.2, -0.15) is 5.10 Å². The molecule has 3 heteroatoms. The van der Waals surface area contributed by atoms with E-state index in [0.29, 0.717) is 18.6 Å². The van der Waals surface area contributed by atoms with Gasteiger partial charge in [0.15, 0.2) is 0 Å². The number of rotatable bonds is 6. The Hall–Kier alpha value is -1.12. The quantitative estimate of drug-likeness (QED) is 0.720. The summed E-state index contributed by atoms with van der Waals surface area (Å²) in [7, 11) is 0. The molecule has 0 amide bonds. The first-order valence-corrected chi connectivity index (χ1v) is 5.72. The molecule has 0 aliphatic carbocycles. The normalized spacial score (nSPS) is 10.6. The molecule has 0 aliphatic rings. The van der Waals surface area contributed by atoms with Gasteiger partial charge in [-0.1, -0.05) is 6.92 Å². The highest BCUT2D eigenvalue weighted by Gasteiger charge is 2.05. The molecule has 0 spiro atoms. The fourth-order valence-electron chi connectivity index (χ4n) is 1.72. The highest BCUT2D eigenvalue weighted by Crippen LogP contribution is 2.08. The van der Waals surface area contributed by atoms with Crippen molar-refractivity contribution < 1.29 is 4.79 Å². The van der Waals surface area contributed by atoms with E-state index < -0.39 is 0 Å². The largest absolute Gasteiger partial charge is 0.300 e. The Morgan fingerprint density at radius 1 is 1.47 bits per heavy atom. The van der Waals surface area contributed by atoms with Gasteiger partial charge in [-0.05, 0) is 32.8 Å². The summed E-state index contributed by atoms with van der Waals surface area (Å²) in [4.78, 5) is 11.1. The fraction of sp³-hybridized carbons (Fsp3) is 0.667. The van der Waals surface area contributed by atoms with Crippen molar-refractivity contribution in [2.24, 2.45) is 0 Å². The van der Waals surface area contributed by atoms with Gasteiger partial charge in [0.2, 0.25) is 0 Å². The van der Waals surface area contributed by atoms with E-state index >= 15 is 0 Å². The highest BCUT2D eigenvalue weighted by molar-refractivity contribution is 5.77. The summed E-state index contributed by atoms with van der Waals surface area (Å²) in [5.41, 5.74) is 2.31. The van der Waals surface area contributed by atoms with Gasteiger partial charge in [-0.25, -0.2) is 0 Å². The van der Waals surface area contributed by atoms with Gasteiger partial charge in [0.05, 0.1) is 5.69 Å². The van der Waals surface area contributed by atoms with Crippen LogP contribution in [0.5, 0.6) is 0 Å². The molecule has 0 saturated carbocycles. The number of hydrogen-bond donors (Lipinski definition) is 0. The van der Waals surface area contributed by atoms with Crippen LogP contribution in [0.15, 0.2) is 6.07 Å². The van der Waals surface area contributed by atoms with Gasteiger partial charge in [0.1, 0.15) is 5.78 Å². The smallest absolute Gasteiger partial charge is 0.132 e. The second-order valence-electron chi connectivity index (χ2n) is 3.84. The van der Waals surface area contributed by atoms with E-state index in [-0.39, 0.29) is 0 Å². The fourth-order valence-corrected chi connectivity index (χ4v) is 1.72. The maximum Gasteiger partial charge on any atom is 0.132 e. The molecule has 1 rings (SSSR count). The number of Topliss-reactive ketones (excluding diaryl/α,β-unsaturated/α-hetero) is 1. The van der Waals surface area contributed by atoms with Crippen molar-refractivity contribution in [2.45, 2.75) is 53.0 Å². The molecule has 1 aromatic rings. The van der Waals surface area contributed by atoms with E-state index in [0.717, 1.165) is 25.1 Å². The molecule has 0 radical (unpaired) electrons. The van der Waals surface area contributed by atoms with E-state index in [2.05, 4.69) is 18.1 Å². The molecular formula is C12H20N2O. The van der Waals surface area contributed by atoms with Gasteiger partial charge in [-0.15, -0.1) is 0 Å². The molecule has 1 heterocycles. The molecule has 0 aromatic carbocycles. The van der Waals surface area contributed by atoms with E-state index in [1.54, 1.807) is 0 Å². The number of nitrogens with zero attached hydrogens (tertiary/aromatic N) is 2. The first kappa shape index (κ1) is 12.0. The minimum absolute atomic E-state index is 0.356. The van der Waals surface area contributed by atoms with Crippen LogP contribution >= 0.6 is 0 Å². The van der Waals surface area contributed by atoms with E-state index in [4.69, 9.17) is 0 Å². The molecule has 0 fully saturated rings. The van der Waals surface area contributed by atoms with E-state index in [1.165, 1.54) is 5.69 Å². The lowest BCUT2D eigenvalue weighted by atomic mass is 10.1. The Kier molecular flexibility index (Phi) is 4.53. The number of aryl methyl sites for hydroxylation is 3. The second-order valence-corrected chi connectivity index (χ2v) is 3.84. The summed E-state index contributed by atoms with van der Waals surface area (Å²) in [6, 6.07) is 2.11. The van der Waals surface area contributed by atoms with Crippen molar-refractivity contribution in [1.82, 2.24) is 9.78 Å². The number of ketones is 1. The zero-order valence-corrected chi connectivity index (χ0v) is 9.92. The number of hydrogen-bond acceptors (Lipinski definition) is 2. The monoisotopic (exact) mass is 208 g/mol. The van der Waals surface area contributed by atoms with Crippen LogP contribution in [-0.4, -0.2) is 15.6 Å². The predicted octanol–water partition coefficient (Wildman–Crippen LogP) is 2.51. The molecule has 0 bridgehead atoms. The lowest BCUT2D eigenvalue weighted by molar-refractivity contribution is -0.118. The predicted molar refractivity (Wildman–Crippen MR) is 60.9 cm³/mol. The average molecular weight is 208 g/mol. The molecule has 0 saturated heterocycles. The zero-order valence-electron chi connectivity index (χ0n) is 9.92. The molecule has 0 unspecified atom stereocenters. The molecule has 15 heavy (non-hydrogen) atoms. The van der Waals surface area contributed by atoms with Gasteiger partial charge >= 0.3 is 0 Å². The maximum atomic E-state index is 11.1. The topological polar surface area (TPSA) is 34.9 Å². The van der Waals surface area contributed by atoms with Crippen LogP contribution in [-0.2, 0) is 17.8 Å². The molecule has 84 valence electrons. The first-order valence-electron chi connectivity index (χ1n) is 5.72. The van der Waals surface area contributed by atoms with Crippen molar-refractivity contribution in [3.8, 4) is 0 Å². The zero-order chi connectivity index (χ0) is 11.3. The second kappa shape index (κ2) is 5.69. The van der Waals surface area contributed by atoms with Gasteiger partial charge in [0, 0.05) is 25.1 Å². The molecule has 0 aliphatic heterocycles. The first-order chi connectivity index (χ1) is 7.17. The van der Waals surface area contributed by atoms with Gasteiger partial charge in [-0.3, -0.25) is 9.48 Å². The number of aromatic nitrogens is 2. The summed E-state index contributed by atoms with van der Waals surface area (Å²) in [5, 5.41) is 4.38. The molecule has 0 N–H and O–H groups in total. The van der Waals surface area contributed by atoms with Crippen molar-refractivity contribution in [3.05, 3.63) is 17.5 Å². The van der Waals surface area contributed by atoms with Gasteiger partial charge in [0.25, 0.3) is 0 Å². The lowest BCUT2D eigenvalue weighted by Gasteiger charge is -2.03. The highest BCUT2D eigenvalue weighted by atomic mass is 16.1. The Bertz CT molecular complexity index is 328. The Morgan fingerprint density at radius 2 is 2.20 bits per heavy atom. The molecular weight excluding hydrogens is 188 g/mol. The van der Waals surface area contributed by atoms with Crippen LogP contribution < -0.4 is 0 Å². The third-order valence-electron chi connectivity index (χ3n) is 2.57. The summed E-state index contributed by atoms with van der Waals surface area (Å²) < 4.78 is 2.02.